The first kappa shape index (κ1) is 34.2. The fourth-order valence-electron chi connectivity index (χ4n) is 5.81. The third-order valence-corrected chi connectivity index (χ3v) is 12.5. The van der Waals surface area contributed by atoms with E-state index in [1.807, 2.05) is 0 Å². The molecule has 0 unspecified atom stereocenters. The van der Waals surface area contributed by atoms with Crippen molar-refractivity contribution in [1.29, 1.82) is 0 Å². The number of benzene rings is 3. The topological polar surface area (TPSA) is 37.3 Å². The molecule has 40 heavy (non-hydrogen) atoms. The molecule has 3 rings (SSSR count). The Labute approximate surface area is 255 Å². The largest absolute Gasteiger partial charge is 1.00 e. The molecular weight excluding hydrogens is 575 g/mol. The van der Waals surface area contributed by atoms with Gasteiger partial charge in [0, 0.05) is 6.42 Å². The highest BCUT2D eigenvalue weighted by molar-refractivity contribution is 7.95. The number of hydrogen-bond donors (Lipinski definition) is 1. The average molecular weight is 626 g/mol. The lowest BCUT2D eigenvalue weighted by Gasteiger charge is -2.27. The number of hydrogen-bond acceptors (Lipinski definition) is 1. The smallest absolute Gasteiger partial charge is 0.303 e. The van der Waals surface area contributed by atoms with Crippen molar-refractivity contribution in [2.75, 3.05) is 6.16 Å². The van der Waals surface area contributed by atoms with E-state index < -0.39 is 13.2 Å². The number of rotatable bonds is 21. The van der Waals surface area contributed by atoms with Crippen molar-refractivity contribution in [3.05, 3.63) is 91.0 Å². The van der Waals surface area contributed by atoms with Crippen LogP contribution in [0.1, 0.15) is 103 Å². The highest BCUT2D eigenvalue weighted by Crippen LogP contribution is 2.56. The number of carboxylic acid groups (broad SMARTS) is 1. The van der Waals surface area contributed by atoms with Crippen LogP contribution >= 0.6 is 7.26 Å². The number of unbranched alkanes of at least 4 members (excludes halogenated alkanes) is 14. The Morgan fingerprint density at radius 1 is 0.450 bits per heavy atom. The molecule has 0 saturated carbocycles. The molecule has 0 radical (unpaired) electrons. The Hall–Kier alpha value is -1.96. The Balaban J connectivity index is 0.00000560. The van der Waals surface area contributed by atoms with Crippen LogP contribution in [0.4, 0.5) is 0 Å². The van der Waals surface area contributed by atoms with E-state index in [2.05, 4.69) is 91.0 Å². The van der Waals surface area contributed by atoms with Gasteiger partial charge < -0.3 is 22.1 Å². The predicted octanol–water partition coefficient (Wildman–Crippen LogP) is 6.31. The van der Waals surface area contributed by atoms with Crippen molar-refractivity contribution in [3.63, 3.8) is 0 Å². The average Bonchev–Trinajstić information content (AvgIpc) is 2.98. The standard InChI is InChI=1S/C36H49O2P.BrH/c37-36(38)31-23-12-10-8-6-4-2-1-3-5-7-9-11-13-24-32-39(33-25-17-14-18-26-33,34-27-19-15-20-28-34)35-29-21-16-22-30-35;/h14-22,25-30H,1-13,23-24,31-32H2;1H. The maximum absolute atomic E-state index is 10.5. The summed E-state index contributed by atoms with van der Waals surface area (Å²) in [5, 5.41) is 13.2. The zero-order valence-corrected chi connectivity index (χ0v) is 26.8. The third-order valence-electron chi connectivity index (χ3n) is 7.98. The highest BCUT2D eigenvalue weighted by Gasteiger charge is 2.44. The summed E-state index contributed by atoms with van der Waals surface area (Å²) in [5.41, 5.74) is 0. The fourth-order valence-corrected chi connectivity index (χ4v) is 10.2. The summed E-state index contributed by atoms with van der Waals surface area (Å²) in [6.07, 6.45) is 20.8. The van der Waals surface area contributed by atoms with Gasteiger partial charge in [-0.1, -0.05) is 132 Å². The summed E-state index contributed by atoms with van der Waals surface area (Å²) in [6, 6.07) is 33.8. The van der Waals surface area contributed by atoms with E-state index >= 15 is 0 Å². The van der Waals surface area contributed by atoms with Crippen molar-refractivity contribution in [3.8, 4) is 0 Å². The van der Waals surface area contributed by atoms with Crippen molar-refractivity contribution >= 4 is 29.1 Å². The highest BCUT2D eigenvalue weighted by atomic mass is 79.9. The summed E-state index contributed by atoms with van der Waals surface area (Å²) < 4.78 is 0. The Bertz CT molecular complexity index is 930. The van der Waals surface area contributed by atoms with Crippen LogP contribution in [0, 0.1) is 0 Å². The molecule has 218 valence electrons. The molecule has 1 N–H and O–H groups in total. The molecule has 0 bridgehead atoms. The van der Waals surface area contributed by atoms with Gasteiger partial charge in [-0.05, 0) is 55.7 Å². The van der Waals surface area contributed by atoms with Crippen molar-refractivity contribution in [1.82, 2.24) is 0 Å². The first-order chi connectivity index (χ1) is 19.2. The number of carbonyl (C=O) groups is 1. The Kier molecular flexibility index (Phi) is 17.8. The van der Waals surface area contributed by atoms with Crippen LogP contribution in [0.5, 0.6) is 0 Å². The summed E-state index contributed by atoms with van der Waals surface area (Å²) in [4.78, 5) is 10.5. The van der Waals surface area contributed by atoms with Crippen molar-refractivity contribution in [2.45, 2.75) is 103 Å². The maximum Gasteiger partial charge on any atom is 0.303 e. The second-order valence-electron chi connectivity index (χ2n) is 11.0. The number of aliphatic carboxylic acids is 1. The molecule has 0 aromatic heterocycles. The van der Waals surface area contributed by atoms with Gasteiger partial charge in [-0.3, -0.25) is 4.79 Å². The summed E-state index contributed by atoms with van der Waals surface area (Å²) >= 11 is 0. The lowest BCUT2D eigenvalue weighted by atomic mass is 10.0. The Morgan fingerprint density at radius 3 is 1.02 bits per heavy atom. The first-order valence-electron chi connectivity index (χ1n) is 15.5. The summed E-state index contributed by atoms with van der Waals surface area (Å²) in [5.74, 6) is -0.660. The monoisotopic (exact) mass is 624 g/mol. The van der Waals surface area contributed by atoms with Gasteiger partial charge in [0.05, 0.1) is 6.16 Å². The molecule has 3 aromatic rings. The lowest BCUT2D eigenvalue weighted by Crippen LogP contribution is -3.00. The molecule has 0 spiro atoms. The molecule has 0 aliphatic heterocycles. The minimum absolute atomic E-state index is 0. The molecule has 0 aliphatic carbocycles. The van der Waals surface area contributed by atoms with Crippen LogP contribution < -0.4 is 32.9 Å². The van der Waals surface area contributed by atoms with E-state index in [0.717, 1.165) is 12.8 Å². The zero-order valence-electron chi connectivity index (χ0n) is 24.4. The van der Waals surface area contributed by atoms with E-state index in [4.69, 9.17) is 5.11 Å². The summed E-state index contributed by atoms with van der Waals surface area (Å²) in [7, 11) is -1.67. The van der Waals surface area contributed by atoms with Crippen LogP contribution in [0.15, 0.2) is 91.0 Å². The van der Waals surface area contributed by atoms with Gasteiger partial charge in [-0.15, -0.1) is 0 Å². The second kappa shape index (κ2) is 20.8. The van der Waals surface area contributed by atoms with Gasteiger partial charge in [-0.2, -0.15) is 0 Å². The van der Waals surface area contributed by atoms with Crippen molar-refractivity contribution < 1.29 is 26.9 Å². The summed E-state index contributed by atoms with van der Waals surface area (Å²) in [6.45, 7) is 0. The lowest BCUT2D eigenvalue weighted by molar-refractivity contribution is -0.137. The van der Waals surface area contributed by atoms with Crippen LogP contribution in [0.2, 0.25) is 0 Å². The van der Waals surface area contributed by atoms with Gasteiger partial charge in [0.25, 0.3) is 0 Å². The third kappa shape index (κ3) is 11.9. The first-order valence-corrected chi connectivity index (χ1v) is 17.5. The Morgan fingerprint density at radius 2 is 0.725 bits per heavy atom. The second-order valence-corrected chi connectivity index (χ2v) is 14.6. The van der Waals surface area contributed by atoms with Crippen LogP contribution in [-0.2, 0) is 4.79 Å². The van der Waals surface area contributed by atoms with E-state index in [-0.39, 0.29) is 17.0 Å². The van der Waals surface area contributed by atoms with E-state index in [1.54, 1.807) is 0 Å². The van der Waals surface area contributed by atoms with E-state index in [9.17, 15) is 4.79 Å². The SMILES string of the molecule is O=C(O)CCCCCCCCCCCCCCCCC[P+](c1ccccc1)(c1ccccc1)c1ccccc1.[Br-]. The molecule has 0 heterocycles. The van der Waals surface area contributed by atoms with Gasteiger partial charge in [-0.25, -0.2) is 0 Å². The van der Waals surface area contributed by atoms with Gasteiger partial charge in [0.15, 0.2) is 0 Å². The molecule has 0 amide bonds. The molecule has 2 nitrogen and oxygen atoms in total. The number of halogens is 1. The fraction of sp³-hybridized carbons (Fsp3) is 0.472. The quantitative estimate of drug-likeness (QED) is 0.111. The molecule has 0 aliphatic rings. The minimum Gasteiger partial charge on any atom is -1.00 e. The van der Waals surface area contributed by atoms with E-state index in [1.165, 1.54) is 106 Å². The van der Waals surface area contributed by atoms with Crippen LogP contribution in [0.3, 0.4) is 0 Å². The normalized spacial score (nSPS) is 11.2. The van der Waals surface area contributed by atoms with Crippen molar-refractivity contribution in [2.24, 2.45) is 0 Å². The maximum atomic E-state index is 10.5. The molecule has 0 atom stereocenters. The van der Waals surface area contributed by atoms with Crippen LogP contribution in [-0.4, -0.2) is 17.2 Å². The van der Waals surface area contributed by atoms with Gasteiger partial charge in [0.2, 0.25) is 0 Å². The van der Waals surface area contributed by atoms with E-state index in [0.29, 0.717) is 6.42 Å². The van der Waals surface area contributed by atoms with Gasteiger partial charge in [0.1, 0.15) is 23.2 Å². The molecule has 0 saturated heterocycles. The molecular formula is C36H50BrO2P. The van der Waals surface area contributed by atoms with Crippen LogP contribution in [0.25, 0.3) is 0 Å². The molecule has 0 fully saturated rings. The minimum atomic E-state index is -1.67. The molecule has 4 heteroatoms. The number of carboxylic acids is 1. The van der Waals surface area contributed by atoms with Gasteiger partial charge >= 0.3 is 5.97 Å². The zero-order chi connectivity index (χ0) is 27.4. The molecule has 3 aromatic carbocycles. The predicted molar refractivity (Wildman–Crippen MR) is 172 cm³/mol.